The lowest BCUT2D eigenvalue weighted by Crippen LogP contribution is -2.20. The molecule has 0 aliphatic carbocycles. The highest BCUT2D eigenvalue weighted by molar-refractivity contribution is 7.36. The SMILES string of the molecule is Cc1ccc2sc3cc4c(=O)n(C)c(=O)c4cc3sc2c1. The molecule has 0 unspecified atom stereocenters. The van der Waals surface area contributed by atoms with Crippen molar-refractivity contribution >= 4 is 52.2 Å². The molecule has 104 valence electrons. The van der Waals surface area contributed by atoms with Gasteiger partial charge in [0.15, 0.2) is 0 Å². The zero-order chi connectivity index (χ0) is 14.7. The van der Waals surface area contributed by atoms with Gasteiger partial charge in [0.05, 0.1) is 10.8 Å². The Kier molecular flexibility index (Phi) is 2.58. The van der Waals surface area contributed by atoms with Crippen molar-refractivity contribution in [1.29, 1.82) is 0 Å². The van der Waals surface area contributed by atoms with E-state index in [2.05, 4.69) is 25.1 Å². The minimum atomic E-state index is -0.210. The lowest BCUT2D eigenvalue weighted by molar-refractivity contribution is 0.856. The highest BCUT2D eigenvalue weighted by atomic mass is 32.1. The van der Waals surface area contributed by atoms with Crippen molar-refractivity contribution in [3.63, 3.8) is 0 Å². The van der Waals surface area contributed by atoms with E-state index in [1.54, 1.807) is 22.7 Å². The molecule has 0 aliphatic rings. The predicted molar refractivity (Wildman–Crippen MR) is 91.0 cm³/mol. The van der Waals surface area contributed by atoms with Crippen LogP contribution in [0.3, 0.4) is 0 Å². The number of hydrogen-bond acceptors (Lipinski definition) is 4. The molecule has 2 heterocycles. The molecule has 0 radical (unpaired) electrons. The Hall–Kier alpha value is -1.98. The summed E-state index contributed by atoms with van der Waals surface area (Å²) < 4.78 is 5.68. The Balaban J connectivity index is 2.23. The summed E-state index contributed by atoms with van der Waals surface area (Å²) in [6, 6.07) is 10.1. The average Bonchev–Trinajstić information content (AvgIpc) is 2.68. The Bertz CT molecular complexity index is 1150. The lowest BCUT2D eigenvalue weighted by atomic mass is 10.2. The maximum absolute atomic E-state index is 12.1. The average molecular weight is 313 g/mol. The van der Waals surface area contributed by atoms with E-state index in [1.807, 2.05) is 12.1 Å². The largest absolute Gasteiger partial charge is 0.277 e. The van der Waals surface area contributed by atoms with Crippen molar-refractivity contribution in [3.05, 3.63) is 56.6 Å². The molecule has 4 rings (SSSR count). The zero-order valence-electron chi connectivity index (χ0n) is 11.5. The molecule has 2 aromatic heterocycles. The van der Waals surface area contributed by atoms with E-state index in [-0.39, 0.29) is 11.1 Å². The van der Waals surface area contributed by atoms with Crippen LogP contribution in [0.4, 0.5) is 0 Å². The molecule has 2 aromatic carbocycles. The number of hydrogen-bond donors (Lipinski definition) is 0. The summed E-state index contributed by atoms with van der Waals surface area (Å²) >= 11 is 3.32. The predicted octanol–water partition coefficient (Wildman–Crippen LogP) is 3.64. The summed E-state index contributed by atoms with van der Waals surface area (Å²) in [5, 5.41) is 1.04. The summed E-state index contributed by atoms with van der Waals surface area (Å²) in [4.78, 5) is 24.2. The van der Waals surface area contributed by atoms with Crippen LogP contribution in [0.2, 0.25) is 0 Å². The van der Waals surface area contributed by atoms with E-state index in [9.17, 15) is 9.59 Å². The molecular weight excluding hydrogens is 302 g/mol. The summed E-state index contributed by atoms with van der Waals surface area (Å²) in [7, 11) is 1.53. The van der Waals surface area contributed by atoms with Crippen LogP contribution in [0.15, 0.2) is 39.9 Å². The first kappa shape index (κ1) is 12.7. The van der Waals surface area contributed by atoms with Crippen LogP contribution in [0.5, 0.6) is 0 Å². The molecule has 0 fully saturated rings. The standard InChI is InChI=1S/C16H11NO2S2/c1-8-3-4-11-12(5-8)21-14-7-10-9(6-13(14)20-11)15(18)17(2)16(10)19/h3-7H,1-2H3. The van der Waals surface area contributed by atoms with E-state index in [4.69, 9.17) is 0 Å². The van der Waals surface area contributed by atoms with Gasteiger partial charge in [-0.2, -0.15) is 0 Å². The maximum Gasteiger partial charge on any atom is 0.261 e. The Labute approximate surface area is 127 Å². The highest BCUT2D eigenvalue weighted by Gasteiger charge is 2.12. The first-order chi connectivity index (χ1) is 10.0. The van der Waals surface area contributed by atoms with Crippen molar-refractivity contribution in [2.75, 3.05) is 0 Å². The summed E-state index contributed by atoms with van der Waals surface area (Å²) in [6.45, 7) is 2.07. The fourth-order valence-corrected chi connectivity index (χ4v) is 4.90. The molecule has 3 nitrogen and oxygen atoms in total. The number of aryl methyl sites for hydroxylation is 1. The highest BCUT2D eigenvalue weighted by Crippen LogP contribution is 2.34. The second kappa shape index (κ2) is 4.26. The van der Waals surface area contributed by atoms with Crippen molar-refractivity contribution in [3.8, 4) is 0 Å². The Morgan fingerprint density at radius 3 is 1.95 bits per heavy atom. The van der Waals surface area contributed by atoms with Gasteiger partial charge >= 0.3 is 0 Å². The fraction of sp³-hybridized carbons (Fsp3) is 0.125. The molecule has 0 N–H and O–H groups in total. The van der Waals surface area contributed by atoms with Gasteiger partial charge < -0.3 is 0 Å². The van der Waals surface area contributed by atoms with Gasteiger partial charge in [-0.25, -0.2) is 0 Å². The number of fused-ring (bicyclic) bond motifs is 3. The Morgan fingerprint density at radius 2 is 1.33 bits per heavy atom. The van der Waals surface area contributed by atoms with Gasteiger partial charge in [-0.3, -0.25) is 14.2 Å². The van der Waals surface area contributed by atoms with Crippen LogP contribution in [-0.2, 0) is 7.05 Å². The summed E-state index contributed by atoms with van der Waals surface area (Å²) in [6.07, 6.45) is 0. The van der Waals surface area contributed by atoms with E-state index >= 15 is 0 Å². The third kappa shape index (κ3) is 1.78. The fourth-order valence-electron chi connectivity index (χ4n) is 2.54. The molecule has 0 amide bonds. The van der Waals surface area contributed by atoms with E-state index in [0.29, 0.717) is 10.8 Å². The van der Waals surface area contributed by atoms with Crippen molar-refractivity contribution < 1.29 is 0 Å². The number of benzene rings is 2. The second-order valence-electron chi connectivity index (χ2n) is 5.17. The summed E-state index contributed by atoms with van der Waals surface area (Å²) in [5.74, 6) is 0. The van der Waals surface area contributed by atoms with Crippen LogP contribution in [0, 0.1) is 6.92 Å². The van der Waals surface area contributed by atoms with E-state index < -0.39 is 0 Å². The molecule has 0 saturated heterocycles. The van der Waals surface area contributed by atoms with Gasteiger partial charge in [-0.15, -0.1) is 22.7 Å². The molecule has 5 heteroatoms. The van der Waals surface area contributed by atoms with Gasteiger partial charge in [-0.1, -0.05) is 6.07 Å². The van der Waals surface area contributed by atoms with Gasteiger partial charge in [0.25, 0.3) is 11.1 Å². The normalized spacial score (nSPS) is 11.7. The third-order valence-corrected chi connectivity index (χ3v) is 6.20. The van der Waals surface area contributed by atoms with Crippen molar-refractivity contribution in [2.45, 2.75) is 6.92 Å². The van der Waals surface area contributed by atoms with Gasteiger partial charge in [0.1, 0.15) is 0 Å². The smallest absolute Gasteiger partial charge is 0.261 e. The van der Waals surface area contributed by atoms with E-state index in [1.165, 1.54) is 26.6 Å². The van der Waals surface area contributed by atoms with E-state index in [0.717, 1.165) is 9.40 Å². The summed E-state index contributed by atoms with van der Waals surface area (Å²) in [5.41, 5.74) is 0.800. The van der Waals surface area contributed by atoms with Crippen LogP contribution < -0.4 is 11.1 Å². The number of aromatic nitrogens is 1. The number of rotatable bonds is 0. The minimum absolute atomic E-state index is 0.210. The molecule has 0 saturated carbocycles. The quantitative estimate of drug-likeness (QED) is 0.465. The first-order valence-corrected chi connectivity index (χ1v) is 8.14. The topological polar surface area (TPSA) is 39.1 Å². The van der Waals surface area contributed by atoms with Gasteiger partial charge in [0, 0.05) is 25.8 Å². The minimum Gasteiger partial charge on any atom is -0.277 e. The molecule has 21 heavy (non-hydrogen) atoms. The lowest BCUT2D eigenvalue weighted by Gasteiger charge is -2.02. The molecule has 4 aromatic rings. The van der Waals surface area contributed by atoms with Gasteiger partial charge in [-0.05, 0) is 36.8 Å². The number of nitrogens with zero attached hydrogens (tertiary/aromatic N) is 1. The first-order valence-electron chi connectivity index (χ1n) is 6.51. The Morgan fingerprint density at radius 1 is 0.810 bits per heavy atom. The monoisotopic (exact) mass is 313 g/mol. The van der Waals surface area contributed by atoms with Crippen molar-refractivity contribution in [1.82, 2.24) is 4.57 Å². The maximum atomic E-state index is 12.1. The zero-order valence-corrected chi connectivity index (χ0v) is 13.1. The van der Waals surface area contributed by atoms with Gasteiger partial charge in [0.2, 0.25) is 0 Å². The third-order valence-electron chi connectivity index (χ3n) is 3.69. The molecule has 0 spiro atoms. The van der Waals surface area contributed by atoms with Crippen LogP contribution in [-0.4, -0.2) is 4.57 Å². The second-order valence-corrected chi connectivity index (χ2v) is 7.34. The molecule has 0 bridgehead atoms. The van der Waals surface area contributed by atoms with Crippen molar-refractivity contribution in [2.24, 2.45) is 7.05 Å². The van der Waals surface area contributed by atoms with Crippen LogP contribution in [0.1, 0.15) is 5.56 Å². The van der Waals surface area contributed by atoms with Crippen LogP contribution in [0.25, 0.3) is 29.6 Å². The molecular formula is C16H11NO2S2. The van der Waals surface area contributed by atoms with Crippen LogP contribution >= 0.6 is 22.7 Å². The molecule has 0 aliphatic heterocycles. The molecule has 0 atom stereocenters.